The molecule has 1 fully saturated rings. The van der Waals surface area contributed by atoms with E-state index in [1.165, 1.54) is 18.3 Å². The second-order valence-electron chi connectivity index (χ2n) is 9.63. The van der Waals surface area contributed by atoms with E-state index in [2.05, 4.69) is 10.3 Å². The van der Waals surface area contributed by atoms with Crippen LogP contribution in [0.3, 0.4) is 0 Å². The molecule has 1 aliphatic heterocycles. The van der Waals surface area contributed by atoms with Crippen LogP contribution in [0.25, 0.3) is 10.2 Å². The molecule has 1 saturated heterocycles. The van der Waals surface area contributed by atoms with Gasteiger partial charge in [-0.1, -0.05) is 13.0 Å². The summed E-state index contributed by atoms with van der Waals surface area (Å²) >= 11 is 1.31. The van der Waals surface area contributed by atoms with E-state index >= 15 is 0 Å². The Labute approximate surface area is 200 Å². The molecule has 1 amide bonds. The number of amides is 1. The number of carbonyl (C=O) groups is 1. The van der Waals surface area contributed by atoms with Crippen molar-refractivity contribution in [2.75, 3.05) is 23.7 Å². The van der Waals surface area contributed by atoms with Gasteiger partial charge in [0.15, 0.2) is 0 Å². The lowest BCUT2D eigenvalue weighted by atomic mass is 9.86. The van der Waals surface area contributed by atoms with Crippen molar-refractivity contribution in [1.82, 2.24) is 15.3 Å². The highest BCUT2D eigenvalue weighted by Crippen LogP contribution is 2.38. The molecule has 3 aromatic heterocycles. The number of aryl methyl sites for hydroxylation is 2. The first kappa shape index (κ1) is 22.9. The van der Waals surface area contributed by atoms with Gasteiger partial charge in [-0.3, -0.25) is 4.79 Å². The number of hydrogen-bond acceptors (Lipinski definition) is 7. The van der Waals surface area contributed by atoms with E-state index in [1.807, 2.05) is 36.1 Å². The number of aromatic nitrogens is 2. The van der Waals surface area contributed by atoms with E-state index in [9.17, 15) is 13.6 Å². The van der Waals surface area contributed by atoms with E-state index in [0.29, 0.717) is 35.8 Å². The van der Waals surface area contributed by atoms with Crippen molar-refractivity contribution in [2.45, 2.75) is 51.6 Å². The predicted molar refractivity (Wildman–Crippen MR) is 131 cm³/mol. The Morgan fingerprint density at radius 1 is 1.29 bits per heavy atom. The molecule has 0 spiro atoms. The average molecular weight is 487 g/mol. The normalized spacial score (nSPS) is 24.6. The fourth-order valence-corrected chi connectivity index (χ4v) is 5.89. The minimum Gasteiger partial charge on any atom is -0.397 e. The molecule has 3 atom stereocenters. The van der Waals surface area contributed by atoms with Gasteiger partial charge in [-0.15, -0.1) is 11.3 Å². The fraction of sp³-hybridized carbons (Fsp3) is 0.458. The third-order valence-electron chi connectivity index (χ3n) is 7.14. The number of alkyl halides is 2. The second kappa shape index (κ2) is 8.42. The topological polar surface area (TPSA) is 110 Å². The first-order chi connectivity index (χ1) is 16.2. The molecule has 5 N–H and O–H groups in total. The van der Waals surface area contributed by atoms with Crippen molar-refractivity contribution in [3.63, 3.8) is 0 Å². The van der Waals surface area contributed by atoms with E-state index in [0.717, 1.165) is 33.6 Å². The predicted octanol–water partition coefficient (Wildman–Crippen LogP) is 3.29. The number of halogens is 2. The molecule has 1 aliphatic carbocycles. The maximum atomic E-state index is 13.5. The molecular weight excluding hydrogens is 458 g/mol. The second-order valence-corrected chi connectivity index (χ2v) is 10.6. The molecule has 0 bridgehead atoms. The summed E-state index contributed by atoms with van der Waals surface area (Å²) in [6.45, 7) is 3.98. The lowest BCUT2D eigenvalue weighted by Crippen LogP contribution is -2.43. The maximum absolute atomic E-state index is 13.5. The lowest BCUT2D eigenvalue weighted by molar-refractivity contribution is 0.0122. The number of anilines is 2. The molecule has 0 aromatic carbocycles. The zero-order valence-electron chi connectivity index (χ0n) is 19.1. The van der Waals surface area contributed by atoms with Crippen molar-refractivity contribution in [2.24, 2.45) is 11.1 Å². The summed E-state index contributed by atoms with van der Waals surface area (Å²) < 4.78 is 27.1. The highest BCUT2D eigenvalue weighted by atomic mass is 32.1. The molecule has 2 aliphatic rings. The number of nitrogens with one attached hydrogen (secondary N) is 1. The number of nitrogens with zero attached hydrogens (tertiary/aromatic N) is 3. The summed E-state index contributed by atoms with van der Waals surface area (Å²) in [5.41, 5.74) is 14.4. The Bertz CT molecular complexity index is 1260. The van der Waals surface area contributed by atoms with Gasteiger partial charge in [0.1, 0.15) is 15.5 Å². The molecule has 3 aromatic rings. The zero-order chi connectivity index (χ0) is 24.2. The summed E-state index contributed by atoms with van der Waals surface area (Å²) in [7, 11) is 0. The van der Waals surface area contributed by atoms with Crippen LogP contribution in [-0.2, 0) is 12.8 Å². The molecule has 7 nitrogen and oxygen atoms in total. The third-order valence-corrected chi connectivity index (χ3v) is 8.26. The van der Waals surface area contributed by atoms with Gasteiger partial charge in [0, 0.05) is 41.9 Å². The van der Waals surface area contributed by atoms with Crippen LogP contribution >= 0.6 is 11.3 Å². The monoisotopic (exact) mass is 486 g/mol. The molecule has 5 rings (SSSR count). The Hall–Kier alpha value is -2.85. The Balaban J connectivity index is 1.28. The van der Waals surface area contributed by atoms with Gasteiger partial charge in [-0.25, -0.2) is 18.7 Å². The van der Waals surface area contributed by atoms with Gasteiger partial charge in [-0.2, -0.15) is 0 Å². The largest absolute Gasteiger partial charge is 0.397 e. The molecule has 180 valence electrons. The van der Waals surface area contributed by atoms with Crippen LogP contribution in [0.4, 0.5) is 20.3 Å². The highest BCUT2D eigenvalue weighted by molar-refractivity contribution is 7.21. The van der Waals surface area contributed by atoms with Crippen LogP contribution in [-0.4, -0.2) is 47.5 Å². The standard InChI is InChI=1S/C24H28F2N6OS/c1-12-3-6-15-19(28)20(34-22(15)29-12)21(33)30-14-5-7-16-13(9-14)4-8-18(31-16)32-10-17(27)24(2,11-32)23(25)26/h3-4,6,8,14,17,23H,5,7,9-11,27-28H2,1-2H3,(H,30,33). The number of carbonyl (C=O) groups excluding carboxylic acids is 1. The average Bonchev–Trinajstić information content (AvgIpc) is 3.30. The minimum absolute atomic E-state index is 0.0331. The van der Waals surface area contributed by atoms with Crippen molar-refractivity contribution in [3.05, 3.63) is 46.1 Å². The van der Waals surface area contributed by atoms with Gasteiger partial charge < -0.3 is 21.7 Å². The highest BCUT2D eigenvalue weighted by Gasteiger charge is 2.48. The third kappa shape index (κ3) is 3.88. The molecular formula is C24H28F2N6OS. The van der Waals surface area contributed by atoms with Gasteiger partial charge in [-0.05, 0) is 49.9 Å². The lowest BCUT2D eigenvalue weighted by Gasteiger charge is -2.28. The Kier molecular flexibility index (Phi) is 5.68. The number of fused-ring (bicyclic) bond motifs is 2. The molecule has 4 heterocycles. The summed E-state index contributed by atoms with van der Waals surface area (Å²) in [6, 6.07) is 7.00. The van der Waals surface area contributed by atoms with Gasteiger partial charge in [0.25, 0.3) is 5.91 Å². The fourth-order valence-electron chi connectivity index (χ4n) is 4.85. The van der Waals surface area contributed by atoms with Crippen molar-refractivity contribution in [3.8, 4) is 0 Å². The maximum Gasteiger partial charge on any atom is 0.263 e. The molecule has 0 saturated carbocycles. The molecule has 10 heteroatoms. The van der Waals surface area contributed by atoms with E-state index in [1.54, 1.807) is 0 Å². The number of pyridine rings is 2. The summed E-state index contributed by atoms with van der Waals surface area (Å²) in [5.74, 6) is 0.496. The first-order valence-corrected chi connectivity index (χ1v) is 12.2. The number of nitrogen functional groups attached to an aromatic ring is 1. The van der Waals surface area contributed by atoms with Crippen molar-refractivity contribution < 1.29 is 13.6 Å². The van der Waals surface area contributed by atoms with Crippen LogP contribution < -0.4 is 21.7 Å². The molecule has 34 heavy (non-hydrogen) atoms. The van der Waals surface area contributed by atoms with Crippen molar-refractivity contribution in [1.29, 1.82) is 0 Å². The Morgan fingerprint density at radius 3 is 2.82 bits per heavy atom. The van der Waals surface area contributed by atoms with E-state index < -0.39 is 17.9 Å². The van der Waals surface area contributed by atoms with Gasteiger partial charge in [0.2, 0.25) is 6.43 Å². The summed E-state index contributed by atoms with van der Waals surface area (Å²) in [6.07, 6.45) is -0.386. The van der Waals surface area contributed by atoms with Crippen LogP contribution in [0, 0.1) is 12.3 Å². The first-order valence-electron chi connectivity index (χ1n) is 11.4. The van der Waals surface area contributed by atoms with Gasteiger partial charge >= 0.3 is 0 Å². The van der Waals surface area contributed by atoms with Crippen LogP contribution in [0.5, 0.6) is 0 Å². The quantitative estimate of drug-likeness (QED) is 0.522. The SMILES string of the molecule is Cc1ccc2c(N)c(C(=O)NC3CCc4nc(N5CC(N)C(C)(C(F)F)C5)ccc4C3)sc2n1. The van der Waals surface area contributed by atoms with E-state index in [4.69, 9.17) is 16.5 Å². The minimum atomic E-state index is -2.48. The summed E-state index contributed by atoms with van der Waals surface area (Å²) in [4.78, 5) is 25.3. The van der Waals surface area contributed by atoms with Crippen molar-refractivity contribution >= 4 is 39.0 Å². The van der Waals surface area contributed by atoms with Crippen LogP contribution in [0.15, 0.2) is 24.3 Å². The van der Waals surface area contributed by atoms with Crippen LogP contribution in [0.2, 0.25) is 0 Å². The summed E-state index contributed by atoms with van der Waals surface area (Å²) in [5, 5.41) is 3.92. The Morgan fingerprint density at radius 2 is 2.09 bits per heavy atom. The number of nitrogens with two attached hydrogens (primary N) is 2. The number of rotatable bonds is 4. The smallest absolute Gasteiger partial charge is 0.263 e. The van der Waals surface area contributed by atoms with Crippen LogP contribution in [0.1, 0.15) is 40.0 Å². The van der Waals surface area contributed by atoms with Gasteiger partial charge in [0.05, 0.1) is 11.1 Å². The molecule has 0 radical (unpaired) electrons. The number of hydrogen-bond donors (Lipinski definition) is 3. The van der Waals surface area contributed by atoms with E-state index in [-0.39, 0.29) is 18.5 Å². The zero-order valence-corrected chi connectivity index (χ0v) is 20.0. The number of thiophene rings is 1. The molecule has 3 unspecified atom stereocenters.